The molecule has 4 rings (SSSR count). The smallest absolute Gasteiger partial charge is 0.262 e. The van der Waals surface area contributed by atoms with Crippen LogP contribution < -0.4 is 24.3 Å². The van der Waals surface area contributed by atoms with E-state index < -0.39 is 0 Å². The lowest BCUT2D eigenvalue weighted by molar-refractivity contribution is -0.118. The van der Waals surface area contributed by atoms with E-state index in [0.29, 0.717) is 51.9 Å². The zero-order chi connectivity index (χ0) is 20.9. The molecule has 0 saturated carbocycles. The number of ether oxygens (including phenoxy) is 4. The molecule has 0 bridgehead atoms. The summed E-state index contributed by atoms with van der Waals surface area (Å²) in [7, 11) is 0. The van der Waals surface area contributed by atoms with Crippen molar-refractivity contribution in [1.29, 1.82) is 0 Å². The number of halogens is 2. The number of rotatable bonds is 6. The first-order valence-corrected chi connectivity index (χ1v) is 9.74. The van der Waals surface area contributed by atoms with Crippen molar-refractivity contribution in [3.8, 4) is 28.9 Å². The topological polar surface area (TPSA) is 78.9 Å². The van der Waals surface area contributed by atoms with Gasteiger partial charge in [0.05, 0.1) is 5.02 Å². The standard InChI is InChI=1S/C21H16Cl2N2O5/c22-13-9-17(23)21(24-11-13)30-16-4-2-15(3-5-16)29-12-20(26)25-14-1-6-18-19(10-14)28-8-7-27-18/h1-6,9-11H,7-8,12H2,(H,25,26). The number of fused-ring (bicyclic) bond motifs is 1. The number of aromatic nitrogens is 1. The molecular weight excluding hydrogens is 431 g/mol. The molecule has 1 aliphatic rings. The minimum atomic E-state index is -0.302. The van der Waals surface area contributed by atoms with Crippen molar-refractivity contribution in [2.45, 2.75) is 0 Å². The van der Waals surface area contributed by atoms with E-state index in [1.54, 1.807) is 48.5 Å². The van der Waals surface area contributed by atoms with Gasteiger partial charge in [0.1, 0.15) is 29.7 Å². The van der Waals surface area contributed by atoms with E-state index in [1.807, 2.05) is 0 Å². The van der Waals surface area contributed by atoms with Gasteiger partial charge in [0.2, 0.25) is 5.88 Å². The summed E-state index contributed by atoms with van der Waals surface area (Å²) >= 11 is 11.9. The summed E-state index contributed by atoms with van der Waals surface area (Å²) < 4.78 is 22.1. The quantitative estimate of drug-likeness (QED) is 0.575. The summed E-state index contributed by atoms with van der Waals surface area (Å²) in [6.45, 7) is 0.840. The van der Waals surface area contributed by atoms with Gasteiger partial charge in [-0.3, -0.25) is 4.79 Å². The van der Waals surface area contributed by atoms with Crippen molar-refractivity contribution in [2.24, 2.45) is 0 Å². The van der Waals surface area contributed by atoms with Gasteiger partial charge < -0.3 is 24.3 Å². The summed E-state index contributed by atoms with van der Waals surface area (Å²) in [4.78, 5) is 16.2. The molecule has 0 aliphatic carbocycles. The molecule has 30 heavy (non-hydrogen) atoms. The van der Waals surface area contributed by atoms with Crippen molar-refractivity contribution < 1.29 is 23.7 Å². The van der Waals surface area contributed by atoms with Crippen molar-refractivity contribution in [1.82, 2.24) is 4.98 Å². The Morgan fingerprint density at radius 3 is 2.50 bits per heavy atom. The van der Waals surface area contributed by atoms with Gasteiger partial charge in [-0.2, -0.15) is 0 Å². The van der Waals surface area contributed by atoms with Crippen LogP contribution in [0.4, 0.5) is 5.69 Å². The van der Waals surface area contributed by atoms with Crippen LogP contribution >= 0.6 is 23.2 Å². The van der Waals surface area contributed by atoms with Crippen LogP contribution in [0, 0.1) is 0 Å². The summed E-state index contributed by atoms with van der Waals surface area (Å²) in [6.07, 6.45) is 1.45. The molecule has 1 N–H and O–H groups in total. The first kappa shape index (κ1) is 20.1. The fraction of sp³-hybridized carbons (Fsp3) is 0.143. The molecule has 7 nitrogen and oxygen atoms in total. The number of hydrogen-bond acceptors (Lipinski definition) is 6. The second-order valence-corrected chi connectivity index (χ2v) is 7.05. The Kier molecular flexibility index (Phi) is 6.11. The van der Waals surface area contributed by atoms with Crippen molar-refractivity contribution in [3.05, 3.63) is 64.8 Å². The third kappa shape index (κ3) is 5.06. The molecule has 2 heterocycles. The van der Waals surface area contributed by atoms with Crippen LogP contribution in [0.2, 0.25) is 10.0 Å². The number of nitrogens with zero attached hydrogens (tertiary/aromatic N) is 1. The molecular formula is C21H16Cl2N2O5. The van der Waals surface area contributed by atoms with Gasteiger partial charge in [0.15, 0.2) is 18.1 Å². The summed E-state index contributed by atoms with van der Waals surface area (Å²) in [5.41, 5.74) is 0.601. The molecule has 1 amide bonds. The SMILES string of the molecule is O=C(COc1ccc(Oc2ncc(Cl)cc2Cl)cc1)Nc1ccc2c(c1)OCCO2. The molecule has 9 heteroatoms. The van der Waals surface area contributed by atoms with Crippen LogP contribution in [-0.2, 0) is 4.79 Å². The molecule has 0 atom stereocenters. The van der Waals surface area contributed by atoms with Gasteiger partial charge in [0, 0.05) is 18.0 Å². The highest BCUT2D eigenvalue weighted by atomic mass is 35.5. The van der Waals surface area contributed by atoms with Crippen LogP contribution in [-0.4, -0.2) is 30.7 Å². The van der Waals surface area contributed by atoms with Crippen LogP contribution in [0.1, 0.15) is 0 Å². The molecule has 0 unspecified atom stereocenters. The Balaban J connectivity index is 1.30. The lowest BCUT2D eigenvalue weighted by Gasteiger charge is -2.19. The molecule has 0 fully saturated rings. The highest BCUT2D eigenvalue weighted by molar-refractivity contribution is 6.35. The molecule has 1 aromatic heterocycles. The summed E-state index contributed by atoms with van der Waals surface area (Å²) in [6, 6.07) is 13.5. The van der Waals surface area contributed by atoms with E-state index in [4.69, 9.17) is 42.1 Å². The van der Waals surface area contributed by atoms with Gasteiger partial charge in [-0.05, 0) is 42.5 Å². The Morgan fingerprint density at radius 2 is 1.73 bits per heavy atom. The summed E-state index contributed by atoms with van der Waals surface area (Å²) in [5, 5.41) is 3.49. The van der Waals surface area contributed by atoms with Crippen LogP contribution in [0.5, 0.6) is 28.9 Å². The van der Waals surface area contributed by atoms with Gasteiger partial charge >= 0.3 is 0 Å². The maximum Gasteiger partial charge on any atom is 0.262 e. The monoisotopic (exact) mass is 446 g/mol. The first-order valence-electron chi connectivity index (χ1n) is 8.98. The Bertz CT molecular complexity index is 1060. The number of benzene rings is 2. The molecule has 154 valence electrons. The van der Waals surface area contributed by atoms with Gasteiger partial charge in [-0.15, -0.1) is 0 Å². The number of hydrogen-bond donors (Lipinski definition) is 1. The van der Waals surface area contributed by atoms with Gasteiger partial charge in [0.25, 0.3) is 5.91 Å². The average molecular weight is 447 g/mol. The van der Waals surface area contributed by atoms with E-state index in [9.17, 15) is 4.79 Å². The number of amides is 1. The van der Waals surface area contributed by atoms with Crippen molar-refractivity contribution in [2.75, 3.05) is 25.1 Å². The lowest BCUT2D eigenvalue weighted by Crippen LogP contribution is -2.20. The molecule has 1 aliphatic heterocycles. The summed E-state index contributed by atoms with van der Waals surface area (Å²) in [5.74, 6) is 2.23. The Morgan fingerprint density at radius 1 is 1.00 bits per heavy atom. The minimum Gasteiger partial charge on any atom is -0.486 e. The number of carbonyl (C=O) groups excluding carboxylic acids is 1. The van der Waals surface area contributed by atoms with Gasteiger partial charge in [-0.1, -0.05) is 23.2 Å². The van der Waals surface area contributed by atoms with E-state index in [-0.39, 0.29) is 18.4 Å². The molecule has 0 radical (unpaired) electrons. The Hall–Kier alpha value is -3.16. The maximum atomic E-state index is 12.2. The largest absolute Gasteiger partial charge is 0.486 e. The third-order valence-corrected chi connectivity index (χ3v) is 4.49. The van der Waals surface area contributed by atoms with E-state index in [1.165, 1.54) is 6.20 Å². The average Bonchev–Trinajstić information content (AvgIpc) is 2.75. The van der Waals surface area contributed by atoms with E-state index >= 15 is 0 Å². The second kappa shape index (κ2) is 9.11. The van der Waals surface area contributed by atoms with Gasteiger partial charge in [-0.25, -0.2) is 4.98 Å². The predicted molar refractivity (Wildman–Crippen MR) is 112 cm³/mol. The highest BCUT2D eigenvalue weighted by Crippen LogP contribution is 2.33. The maximum absolute atomic E-state index is 12.2. The van der Waals surface area contributed by atoms with Crippen LogP contribution in [0.25, 0.3) is 0 Å². The zero-order valence-electron chi connectivity index (χ0n) is 15.6. The predicted octanol–water partition coefficient (Wildman–Crippen LogP) is 4.97. The fourth-order valence-corrected chi connectivity index (χ4v) is 3.08. The van der Waals surface area contributed by atoms with E-state index in [2.05, 4.69) is 10.3 Å². The van der Waals surface area contributed by atoms with Crippen molar-refractivity contribution >= 4 is 34.8 Å². The lowest BCUT2D eigenvalue weighted by atomic mass is 10.2. The highest BCUT2D eigenvalue weighted by Gasteiger charge is 2.13. The molecule has 0 saturated heterocycles. The van der Waals surface area contributed by atoms with E-state index in [0.717, 1.165) is 0 Å². The first-order chi connectivity index (χ1) is 14.6. The molecule has 0 spiro atoms. The van der Waals surface area contributed by atoms with Crippen molar-refractivity contribution in [3.63, 3.8) is 0 Å². The fourth-order valence-electron chi connectivity index (χ4n) is 2.66. The number of anilines is 1. The number of carbonyl (C=O) groups is 1. The number of pyridine rings is 1. The third-order valence-electron chi connectivity index (χ3n) is 4.01. The molecule has 2 aromatic carbocycles. The Labute approximate surface area is 182 Å². The van der Waals surface area contributed by atoms with Crippen LogP contribution in [0.15, 0.2) is 54.7 Å². The normalized spacial score (nSPS) is 12.2. The zero-order valence-corrected chi connectivity index (χ0v) is 17.1. The second-order valence-electron chi connectivity index (χ2n) is 6.21. The number of nitrogens with one attached hydrogen (secondary N) is 1. The molecule has 3 aromatic rings. The minimum absolute atomic E-state index is 0.154. The van der Waals surface area contributed by atoms with Crippen LogP contribution in [0.3, 0.4) is 0 Å².